The van der Waals surface area contributed by atoms with Crippen molar-refractivity contribution in [3.8, 4) is 0 Å². The Morgan fingerprint density at radius 3 is 1.33 bits per heavy atom. The normalized spacial score (nSPS) is 25.0. The second-order valence-electron chi connectivity index (χ2n) is 2.66. The van der Waals surface area contributed by atoms with Crippen molar-refractivity contribution in [2.75, 3.05) is 0 Å². The van der Waals surface area contributed by atoms with Gasteiger partial charge in [0.05, 0.1) is 0 Å². The van der Waals surface area contributed by atoms with Crippen molar-refractivity contribution in [2.45, 2.75) is 26.7 Å². The van der Waals surface area contributed by atoms with Crippen LogP contribution in [0.3, 0.4) is 0 Å². The lowest BCUT2D eigenvalue weighted by atomic mass is 10.2. The van der Waals surface area contributed by atoms with Crippen LogP contribution in [-0.2, 0) is 0 Å². The molecule has 1 aliphatic rings. The Morgan fingerprint density at radius 2 is 1.33 bits per heavy atom. The van der Waals surface area contributed by atoms with E-state index in [0.717, 1.165) is 5.41 Å². The highest BCUT2D eigenvalue weighted by Crippen LogP contribution is 2.43. The van der Waals surface area contributed by atoms with Gasteiger partial charge in [0.25, 0.3) is 0 Å². The molecule has 38 valence electrons. The first-order chi connectivity index (χ1) is 2.21. The highest BCUT2D eigenvalue weighted by atomic mass is 19.0. The summed E-state index contributed by atoms with van der Waals surface area (Å²) >= 11 is 0. The van der Waals surface area contributed by atoms with E-state index in [1.807, 2.05) is 0 Å². The predicted octanol–water partition coefficient (Wildman–Crippen LogP) is 1.96. The molecule has 0 unspecified atom stereocenters. The Balaban J connectivity index is 0.000000250. The molecule has 1 saturated carbocycles. The van der Waals surface area contributed by atoms with E-state index in [2.05, 4.69) is 13.8 Å². The first-order valence-electron chi connectivity index (χ1n) is 2.21. The molecule has 0 amide bonds. The van der Waals surface area contributed by atoms with Gasteiger partial charge in [-0.1, -0.05) is 13.8 Å². The third-order valence-electron chi connectivity index (χ3n) is 1.25. The Bertz CT molecular complexity index is 41.9. The van der Waals surface area contributed by atoms with Crippen LogP contribution in [0.15, 0.2) is 0 Å². The molecule has 1 aliphatic carbocycles. The molecule has 0 aromatic carbocycles. The van der Waals surface area contributed by atoms with E-state index >= 15 is 0 Å². The molecular weight excluding hydrogens is 79.1 g/mol. The Hall–Kier alpha value is -0.0700. The average molecular weight is 90.1 g/mol. The van der Waals surface area contributed by atoms with Gasteiger partial charge in [-0.25, -0.2) is 0 Å². The van der Waals surface area contributed by atoms with Gasteiger partial charge in [0.2, 0.25) is 0 Å². The summed E-state index contributed by atoms with van der Waals surface area (Å²) in [4.78, 5) is 0. The molecule has 0 nitrogen and oxygen atoms in total. The molecule has 0 atom stereocenters. The quantitative estimate of drug-likeness (QED) is 0.426. The van der Waals surface area contributed by atoms with Gasteiger partial charge in [-0.15, -0.1) is 0 Å². The van der Waals surface area contributed by atoms with Gasteiger partial charge in [-0.05, 0) is 18.3 Å². The van der Waals surface area contributed by atoms with E-state index in [4.69, 9.17) is 0 Å². The largest absolute Gasteiger partial charge is 0.269 e. The Morgan fingerprint density at radius 1 is 1.17 bits per heavy atom. The summed E-state index contributed by atoms with van der Waals surface area (Å²) in [6.45, 7) is 4.60. The fourth-order valence-corrected chi connectivity index (χ4v) is 0.250. The minimum Gasteiger partial charge on any atom is -0.269 e. The molecule has 0 saturated heterocycles. The number of hydrogen-bond donors (Lipinski definition) is 0. The maximum atomic E-state index is 2.30. The van der Waals surface area contributed by atoms with Crippen LogP contribution in [0, 0.1) is 5.41 Å². The summed E-state index contributed by atoms with van der Waals surface area (Å²) in [5.41, 5.74) is 0.750. The summed E-state index contributed by atoms with van der Waals surface area (Å²) in [6, 6.07) is 0. The number of halogens is 1. The van der Waals surface area contributed by atoms with E-state index < -0.39 is 0 Å². The van der Waals surface area contributed by atoms with Crippen molar-refractivity contribution in [3.05, 3.63) is 0 Å². The molecule has 1 rings (SSSR count). The number of hydrogen-bond acceptors (Lipinski definition) is 0. The molecule has 0 aromatic heterocycles. The maximum Gasteiger partial charge on any atom is -0.0354 e. The van der Waals surface area contributed by atoms with Gasteiger partial charge in [0, 0.05) is 0 Å². The van der Waals surface area contributed by atoms with Crippen LogP contribution in [0.2, 0.25) is 0 Å². The van der Waals surface area contributed by atoms with Gasteiger partial charge in [-0.3, -0.25) is 4.70 Å². The topological polar surface area (TPSA) is 0 Å². The molecule has 0 spiro atoms. The van der Waals surface area contributed by atoms with Crippen LogP contribution < -0.4 is 0 Å². The van der Waals surface area contributed by atoms with Crippen molar-refractivity contribution in [2.24, 2.45) is 5.41 Å². The molecule has 0 aromatic rings. The third kappa shape index (κ3) is 1.39. The maximum absolute atomic E-state index is 2.30. The van der Waals surface area contributed by atoms with Crippen LogP contribution in [-0.4, -0.2) is 0 Å². The highest BCUT2D eigenvalue weighted by Gasteiger charge is 2.30. The smallest absolute Gasteiger partial charge is 0.0354 e. The van der Waals surface area contributed by atoms with Gasteiger partial charge < -0.3 is 0 Å². The average Bonchev–Trinajstić information content (AvgIpc) is 1.76. The van der Waals surface area contributed by atoms with Gasteiger partial charge in [0.1, 0.15) is 0 Å². The molecule has 0 N–H and O–H groups in total. The molecular formula is C5H11F. The Kier molecular flexibility index (Phi) is 1.20. The zero-order valence-corrected chi connectivity index (χ0v) is 4.32. The Labute approximate surface area is 37.9 Å². The van der Waals surface area contributed by atoms with E-state index in [0.29, 0.717) is 0 Å². The van der Waals surface area contributed by atoms with E-state index in [1.54, 1.807) is 0 Å². The molecule has 1 fully saturated rings. The van der Waals surface area contributed by atoms with Crippen molar-refractivity contribution in [1.82, 2.24) is 0 Å². The first kappa shape index (κ1) is 5.93. The SMILES string of the molecule is CC1(C)CC1.F. The molecule has 1 heteroatoms. The van der Waals surface area contributed by atoms with Crippen LogP contribution in [0.4, 0.5) is 4.70 Å². The lowest BCUT2D eigenvalue weighted by molar-refractivity contribution is 0.653. The summed E-state index contributed by atoms with van der Waals surface area (Å²) in [6.07, 6.45) is 2.90. The van der Waals surface area contributed by atoms with Gasteiger partial charge >= 0.3 is 0 Å². The highest BCUT2D eigenvalue weighted by molar-refractivity contribution is 4.82. The van der Waals surface area contributed by atoms with Gasteiger partial charge in [0.15, 0.2) is 0 Å². The zero-order valence-electron chi connectivity index (χ0n) is 4.32. The minimum atomic E-state index is 0. The molecule has 0 radical (unpaired) electrons. The summed E-state index contributed by atoms with van der Waals surface area (Å²) in [7, 11) is 0. The fraction of sp³-hybridized carbons (Fsp3) is 1.00. The molecule has 0 aliphatic heterocycles. The van der Waals surface area contributed by atoms with Crippen molar-refractivity contribution < 1.29 is 4.70 Å². The zero-order chi connectivity index (χ0) is 3.91. The van der Waals surface area contributed by atoms with E-state index in [1.165, 1.54) is 12.8 Å². The second kappa shape index (κ2) is 1.21. The van der Waals surface area contributed by atoms with Crippen molar-refractivity contribution >= 4 is 0 Å². The van der Waals surface area contributed by atoms with E-state index in [9.17, 15) is 0 Å². The minimum absolute atomic E-state index is 0. The molecule has 6 heavy (non-hydrogen) atoms. The van der Waals surface area contributed by atoms with Crippen molar-refractivity contribution in [3.63, 3.8) is 0 Å². The summed E-state index contributed by atoms with van der Waals surface area (Å²) in [5.74, 6) is 0. The first-order valence-corrected chi connectivity index (χ1v) is 2.21. The molecule has 0 heterocycles. The predicted molar refractivity (Wildman–Crippen MR) is 25.5 cm³/mol. The van der Waals surface area contributed by atoms with Crippen LogP contribution >= 0.6 is 0 Å². The lowest BCUT2D eigenvalue weighted by Crippen LogP contribution is -1.75. The van der Waals surface area contributed by atoms with Crippen LogP contribution in [0.25, 0.3) is 0 Å². The van der Waals surface area contributed by atoms with Gasteiger partial charge in [-0.2, -0.15) is 0 Å². The third-order valence-corrected chi connectivity index (χ3v) is 1.25. The fourth-order valence-electron chi connectivity index (χ4n) is 0.250. The number of rotatable bonds is 0. The van der Waals surface area contributed by atoms with E-state index in [-0.39, 0.29) is 4.70 Å². The van der Waals surface area contributed by atoms with Crippen LogP contribution in [0.5, 0.6) is 0 Å². The van der Waals surface area contributed by atoms with Crippen molar-refractivity contribution in [1.29, 1.82) is 0 Å². The molecule has 0 bridgehead atoms. The monoisotopic (exact) mass is 90.1 g/mol. The second-order valence-corrected chi connectivity index (χ2v) is 2.66. The van der Waals surface area contributed by atoms with Crippen LogP contribution in [0.1, 0.15) is 26.7 Å². The standard InChI is InChI=1S/C5H10.FH/c1-5(2)3-4-5;/h3-4H2,1-2H3;1H. The summed E-state index contributed by atoms with van der Waals surface area (Å²) in [5, 5.41) is 0. The summed E-state index contributed by atoms with van der Waals surface area (Å²) < 4.78 is 0. The lowest BCUT2D eigenvalue weighted by Gasteiger charge is -1.86.